The van der Waals surface area contributed by atoms with Crippen molar-refractivity contribution in [1.29, 1.82) is 0 Å². The number of rotatable bonds is 10. The Morgan fingerprint density at radius 1 is 0.718 bits per heavy atom. The minimum Gasteiger partial charge on any atom is -0.458 e. The summed E-state index contributed by atoms with van der Waals surface area (Å²) in [5, 5.41) is 2.64. The second kappa shape index (κ2) is 12.6. The molecule has 3 aromatic carbocycles. The van der Waals surface area contributed by atoms with Crippen molar-refractivity contribution in [2.24, 2.45) is 11.8 Å². The third kappa shape index (κ3) is 6.66. The van der Waals surface area contributed by atoms with Crippen molar-refractivity contribution in [2.45, 2.75) is 52.4 Å². The van der Waals surface area contributed by atoms with E-state index in [0.717, 1.165) is 27.8 Å². The number of benzene rings is 3. The lowest BCUT2D eigenvalue weighted by atomic mass is 9.98. The normalized spacial score (nSPS) is 13.8. The molecule has 0 bridgehead atoms. The first-order valence-corrected chi connectivity index (χ1v) is 13.3. The van der Waals surface area contributed by atoms with Gasteiger partial charge >= 0.3 is 18.0 Å². The Morgan fingerprint density at radius 3 is 1.85 bits per heavy atom. The maximum atomic E-state index is 13.1. The molecule has 0 saturated carbocycles. The Bertz CT molecular complexity index is 1260. The first kappa shape index (κ1) is 27.9. The molecule has 1 aliphatic rings. The predicted octanol–water partition coefficient (Wildman–Crippen LogP) is 5.86. The van der Waals surface area contributed by atoms with Gasteiger partial charge in [-0.15, -0.1) is 0 Å². The highest BCUT2D eigenvalue weighted by atomic mass is 16.6. The lowest BCUT2D eigenvalue weighted by molar-refractivity contribution is -0.173. The molecular formula is C32H35NO6. The molecule has 4 rings (SSSR count). The SMILES string of the molecule is CC(C)[C@H](NC(=O)OCC1c2ccccc2-c2ccccc21)C(=O)O[C@@H](C(=O)OCc1ccccc1)C(C)C. The molecule has 0 fully saturated rings. The van der Waals surface area contributed by atoms with E-state index >= 15 is 0 Å². The number of fused-ring (bicyclic) bond motifs is 3. The van der Waals surface area contributed by atoms with Gasteiger partial charge in [0.05, 0.1) is 0 Å². The molecular weight excluding hydrogens is 494 g/mol. The maximum Gasteiger partial charge on any atom is 0.407 e. The molecule has 7 heteroatoms. The Hall–Kier alpha value is -4.13. The number of carbonyl (C=O) groups excluding carboxylic acids is 3. The number of alkyl carbamates (subject to hydrolysis) is 1. The van der Waals surface area contributed by atoms with Crippen LogP contribution in [-0.4, -0.2) is 36.8 Å². The van der Waals surface area contributed by atoms with Crippen molar-refractivity contribution in [3.05, 3.63) is 95.6 Å². The number of nitrogens with one attached hydrogen (secondary N) is 1. The quantitative estimate of drug-likeness (QED) is 0.261. The van der Waals surface area contributed by atoms with Gasteiger partial charge in [-0.2, -0.15) is 0 Å². The van der Waals surface area contributed by atoms with Crippen LogP contribution in [-0.2, 0) is 30.4 Å². The summed E-state index contributed by atoms with van der Waals surface area (Å²) in [4.78, 5) is 38.7. The number of esters is 2. The highest BCUT2D eigenvalue weighted by Gasteiger charge is 2.34. The maximum absolute atomic E-state index is 13.1. The predicted molar refractivity (Wildman–Crippen MR) is 148 cm³/mol. The van der Waals surface area contributed by atoms with Crippen LogP contribution in [0.2, 0.25) is 0 Å². The highest BCUT2D eigenvalue weighted by Crippen LogP contribution is 2.44. The molecule has 1 N–H and O–H groups in total. The Balaban J connectivity index is 1.36. The Kier molecular flexibility index (Phi) is 9.02. The number of amides is 1. The van der Waals surface area contributed by atoms with Crippen LogP contribution in [0.1, 0.15) is 50.3 Å². The molecule has 39 heavy (non-hydrogen) atoms. The van der Waals surface area contributed by atoms with Gasteiger partial charge in [0, 0.05) is 11.8 Å². The molecule has 3 aromatic rings. The van der Waals surface area contributed by atoms with E-state index in [1.165, 1.54) is 0 Å². The highest BCUT2D eigenvalue weighted by molar-refractivity contribution is 5.85. The fourth-order valence-corrected chi connectivity index (χ4v) is 4.73. The standard InChI is InChI=1S/C32H35NO6/c1-20(2)28(30(34)39-29(21(3)4)31(35)37-18-22-12-6-5-7-13-22)33-32(36)38-19-27-25-16-10-8-14-23(25)24-15-9-11-17-26(24)27/h5-17,20-21,27-29H,18-19H2,1-4H3,(H,33,36)/t28-,29+/m0/s1. The van der Waals surface area contributed by atoms with E-state index in [1.54, 1.807) is 27.7 Å². The van der Waals surface area contributed by atoms with Crippen LogP contribution in [0.15, 0.2) is 78.9 Å². The molecule has 0 spiro atoms. The summed E-state index contributed by atoms with van der Waals surface area (Å²) in [5.74, 6) is -2.07. The summed E-state index contributed by atoms with van der Waals surface area (Å²) in [7, 11) is 0. The Labute approximate surface area is 229 Å². The van der Waals surface area contributed by atoms with Gasteiger partial charge in [-0.3, -0.25) is 0 Å². The first-order valence-electron chi connectivity index (χ1n) is 13.3. The van der Waals surface area contributed by atoms with Crippen LogP contribution < -0.4 is 5.32 Å². The zero-order valence-corrected chi connectivity index (χ0v) is 22.8. The average Bonchev–Trinajstić information content (AvgIpc) is 3.26. The van der Waals surface area contributed by atoms with Crippen LogP contribution in [0, 0.1) is 11.8 Å². The van der Waals surface area contributed by atoms with Crippen molar-refractivity contribution >= 4 is 18.0 Å². The van der Waals surface area contributed by atoms with E-state index in [1.807, 2.05) is 66.7 Å². The average molecular weight is 530 g/mol. The fraction of sp³-hybridized carbons (Fsp3) is 0.344. The summed E-state index contributed by atoms with van der Waals surface area (Å²) >= 11 is 0. The summed E-state index contributed by atoms with van der Waals surface area (Å²) in [6.07, 6.45) is -1.83. The summed E-state index contributed by atoms with van der Waals surface area (Å²) in [5.41, 5.74) is 5.28. The van der Waals surface area contributed by atoms with Crippen molar-refractivity contribution in [1.82, 2.24) is 5.32 Å². The largest absolute Gasteiger partial charge is 0.458 e. The minimum absolute atomic E-state index is 0.0754. The first-order chi connectivity index (χ1) is 18.8. The fourth-order valence-electron chi connectivity index (χ4n) is 4.73. The van der Waals surface area contributed by atoms with Crippen molar-refractivity contribution in [3.8, 4) is 11.1 Å². The third-order valence-corrected chi connectivity index (χ3v) is 6.84. The van der Waals surface area contributed by atoms with Crippen molar-refractivity contribution in [2.75, 3.05) is 6.61 Å². The van der Waals surface area contributed by atoms with Gasteiger partial charge in [0.25, 0.3) is 0 Å². The minimum atomic E-state index is -1.10. The monoisotopic (exact) mass is 529 g/mol. The molecule has 0 unspecified atom stereocenters. The zero-order chi connectivity index (χ0) is 27.9. The molecule has 2 atom stereocenters. The second-order valence-electron chi connectivity index (χ2n) is 10.4. The smallest absolute Gasteiger partial charge is 0.407 e. The second-order valence-corrected chi connectivity index (χ2v) is 10.4. The van der Waals surface area contributed by atoms with Crippen LogP contribution in [0.4, 0.5) is 4.79 Å². The van der Waals surface area contributed by atoms with Crippen molar-refractivity contribution < 1.29 is 28.6 Å². The van der Waals surface area contributed by atoms with E-state index in [-0.39, 0.29) is 31.0 Å². The molecule has 204 valence electrons. The van der Waals surface area contributed by atoms with Gasteiger partial charge in [0.15, 0.2) is 0 Å². The molecule has 0 heterocycles. The zero-order valence-electron chi connectivity index (χ0n) is 22.8. The molecule has 0 radical (unpaired) electrons. The summed E-state index contributed by atoms with van der Waals surface area (Å²) in [6.45, 7) is 7.31. The molecule has 1 amide bonds. The number of ether oxygens (including phenoxy) is 3. The lowest BCUT2D eigenvalue weighted by Gasteiger charge is -2.25. The van der Waals surface area contributed by atoms with Gasteiger partial charge in [0.2, 0.25) is 6.10 Å². The van der Waals surface area contributed by atoms with E-state index in [0.29, 0.717) is 0 Å². The van der Waals surface area contributed by atoms with Crippen LogP contribution in [0.25, 0.3) is 11.1 Å². The lowest BCUT2D eigenvalue weighted by Crippen LogP contribution is -2.48. The van der Waals surface area contributed by atoms with Gasteiger partial charge in [0.1, 0.15) is 19.3 Å². The molecule has 0 aliphatic heterocycles. The summed E-state index contributed by atoms with van der Waals surface area (Å²) < 4.78 is 16.6. The van der Waals surface area contributed by atoms with Crippen LogP contribution >= 0.6 is 0 Å². The van der Waals surface area contributed by atoms with Gasteiger partial charge in [-0.25, -0.2) is 14.4 Å². The van der Waals surface area contributed by atoms with E-state index in [4.69, 9.17) is 14.2 Å². The Morgan fingerprint density at radius 2 is 1.28 bits per heavy atom. The summed E-state index contributed by atoms with van der Waals surface area (Å²) in [6, 6.07) is 24.4. The van der Waals surface area contributed by atoms with Gasteiger partial charge in [-0.1, -0.05) is 107 Å². The van der Waals surface area contributed by atoms with E-state index in [2.05, 4.69) is 17.4 Å². The van der Waals surface area contributed by atoms with Crippen LogP contribution in [0.5, 0.6) is 0 Å². The molecule has 0 aromatic heterocycles. The van der Waals surface area contributed by atoms with E-state index in [9.17, 15) is 14.4 Å². The van der Waals surface area contributed by atoms with Gasteiger partial charge in [-0.05, 0) is 33.7 Å². The number of hydrogen-bond donors (Lipinski definition) is 1. The van der Waals surface area contributed by atoms with E-state index < -0.39 is 30.2 Å². The molecule has 7 nitrogen and oxygen atoms in total. The van der Waals surface area contributed by atoms with Gasteiger partial charge < -0.3 is 19.5 Å². The third-order valence-electron chi connectivity index (χ3n) is 6.84. The topological polar surface area (TPSA) is 90.9 Å². The van der Waals surface area contributed by atoms with Crippen molar-refractivity contribution in [3.63, 3.8) is 0 Å². The molecule has 0 saturated heterocycles. The molecule has 1 aliphatic carbocycles. The van der Waals surface area contributed by atoms with Crippen LogP contribution in [0.3, 0.4) is 0 Å². The number of hydrogen-bond acceptors (Lipinski definition) is 6. The number of carbonyl (C=O) groups is 3.